The van der Waals surface area contributed by atoms with E-state index >= 15 is 0 Å². The summed E-state index contributed by atoms with van der Waals surface area (Å²) < 4.78 is 9.20. The van der Waals surface area contributed by atoms with Gasteiger partial charge in [0, 0.05) is 46.5 Å². The Balaban J connectivity index is 1.53. The number of aliphatic carboxylic acids is 1. The van der Waals surface area contributed by atoms with Gasteiger partial charge in [0.1, 0.15) is 10.7 Å². The summed E-state index contributed by atoms with van der Waals surface area (Å²) in [6.45, 7) is 9.73. The van der Waals surface area contributed by atoms with E-state index in [1.165, 1.54) is 10.9 Å². The maximum atomic E-state index is 12.7. The molecule has 0 amide bonds. The average Bonchev–Trinajstić information content (AvgIpc) is 3.52. The second kappa shape index (κ2) is 11.3. The molecule has 1 saturated heterocycles. The number of carbonyl (C=O) groups is 1. The maximum absolute atomic E-state index is 12.7. The van der Waals surface area contributed by atoms with Gasteiger partial charge in [-0.15, -0.1) is 11.3 Å². The molecule has 4 heterocycles. The molecule has 5 aromatic rings. The molecule has 1 fully saturated rings. The first-order valence-corrected chi connectivity index (χ1v) is 15.8. The number of piperidine rings is 1. The molecular weight excluding hydrogens is 580 g/mol. The maximum Gasteiger partial charge on any atom is 0.337 e. The number of ether oxygens (including phenoxy) is 1. The molecule has 43 heavy (non-hydrogen) atoms. The first kappa shape index (κ1) is 29.8. The van der Waals surface area contributed by atoms with Gasteiger partial charge in [-0.25, -0.2) is 14.8 Å². The first-order chi connectivity index (χ1) is 20.4. The van der Waals surface area contributed by atoms with E-state index in [9.17, 15) is 9.90 Å². The molecule has 0 unspecified atom stereocenters. The highest BCUT2D eigenvalue weighted by atomic mass is 35.5. The number of likely N-dealkylation sites (tertiary alicyclic amines) is 1. The van der Waals surface area contributed by atoms with Gasteiger partial charge in [0.2, 0.25) is 0 Å². The van der Waals surface area contributed by atoms with Gasteiger partial charge in [-0.1, -0.05) is 23.7 Å². The Hall–Kier alpha value is -3.30. The van der Waals surface area contributed by atoms with Crippen LogP contribution in [0.25, 0.3) is 42.9 Å². The summed E-state index contributed by atoms with van der Waals surface area (Å²) in [5.41, 5.74) is 6.56. The summed E-state index contributed by atoms with van der Waals surface area (Å²) >= 11 is 7.82. The van der Waals surface area contributed by atoms with Crippen LogP contribution in [0.15, 0.2) is 48.8 Å². The van der Waals surface area contributed by atoms with E-state index in [0.29, 0.717) is 16.5 Å². The molecule has 6 rings (SSSR count). The first-order valence-electron chi connectivity index (χ1n) is 14.6. The number of hydrogen-bond acceptors (Lipinski definition) is 6. The number of nitrogens with zero attached hydrogens (tertiary/aromatic N) is 4. The summed E-state index contributed by atoms with van der Waals surface area (Å²) in [5.74, 6) is -0.526. The SMILES string of the molecule is Cc1cc2nc(-c3cnc4c(c3)c(C3CCN(C)CC3)cn4C)sc2c(-c2ccc(Cl)cc2)c1[C@H](OC(C)(C)C)C(=O)O. The Morgan fingerprint density at radius 2 is 1.81 bits per heavy atom. The summed E-state index contributed by atoms with van der Waals surface area (Å²) in [7, 11) is 4.25. The minimum atomic E-state index is -1.15. The Labute approximate surface area is 261 Å². The lowest BCUT2D eigenvalue weighted by Crippen LogP contribution is -2.29. The standard InChI is InChI=1S/C34H37ClN4O3S/c1-19-15-26-30(28(21-7-9-23(35)10-8-21)27(19)29(33(40)41)42-34(2,3)4)43-32(37-26)22-16-24-25(18-39(6)31(24)36-17-22)20-11-13-38(5)14-12-20/h7-10,15-18,20,29H,11-14H2,1-6H3,(H,40,41)/t29-/m0/s1. The Morgan fingerprint density at radius 1 is 1.12 bits per heavy atom. The predicted molar refractivity (Wildman–Crippen MR) is 175 cm³/mol. The normalized spacial score (nSPS) is 15.9. The van der Waals surface area contributed by atoms with E-state index in [4.69, 9.17) is 26.3 Å². The van der Waals surface area contributed by atoms with Gasteiger partial charge in [-0.3, -0.25) is 0 Å². The van der Waals surface area contributed by atoms with Crippen LogP contribution < -0.4 is 0 Å². The molecule has 1 N–H and O–H groups in total. The van der Waals surface area contributed by atoms with Crippen molar-refractivity contribution in [3.63, 3.8) is 0 Å². The molecule has 1 aliphatic heterocycles. The molecule has 9 heteroatoms. The number of carboxylic acids is 1. The van der Waals surface area contributed by atoms with E-state index in [2.05, 4.69) is 35.8 Å². The number of thiazole rings is 1. The monoisotopic (exact) mass is 616 g/mol. The Kier molecular flexibility index (Phi) is 7.84. The number of aromatic nitrogens is 3. The van der Waals surface area contributed by atoms with Crippen LogP contribution in [0, 0.1) is 6.92 Å². The van der Waals surface area contributed by atoms with Crippen LogP contribution in [-0.4, -0.2) is 56.2 Å². The third kappa shape index (κ3) is 5.81. The van der Waals surface area contributed by atoms with Crippen molar-refractivity contribution in [2.75, 3.05) is 20.1 Å². The number of carboxylic acid groups (broad SMARTS) is 1. The number of benzene rings is 2. The fraction of sp³-hybridized carbons (Fsp3) is 0.382. The lowest BCUT2D eigenvalue weighted by molar-refractivity contribution is -0.160. The molecule has 0 saturated carbocycles. The summed E-state index contributed by atoms with van der Waals surface area (Å²) in [4.78, 5) is 25.0. The lowest BCUT2D eigenvalue weighted by atomic mass is 9.89. The van der Waals surface area contributed by atoms with Crippen molar-refractivity contribution >= 4 is 50.2 Å². The number of hydrogen-bond donors (Lipinski definition) is 1. The molecular formula is C34H37ClN4O3S. The van der Waals surface area contributed by atoms with Crippen LogP contribution in [0.2, 0.25) is 5.02 Å². The number of pyridine rings is 1. The molecule has 0 aliphatic carbocycles. The van der Waals surface area contributed by atoms with Crippen LogP contribution >= 0.6 is 22.9 Å². The van der Waals surface area contributed by atoms with E-state index in [-0.39, 0.29) is 0 Å². The highest BCUT2D eigenvalue weighted by Gasteiger charge is 2.32. The topological polar surface area (TPSA) is 80.5 Å². The highest BCUT2D eigenvalue weighted by Crippen LogP contribution is 2.45. The van der Waals surface area contributed by atoms with Crippen molar-refractivity contribution in [2.45, 2.75) is 58.2 Å². The smallest absolute Gasteiger partial charge is 0.337 e. The molecule has 224 valence electrons. The average molecular weight is 617 g/mol. The van der Waals surface area contributed by atoms with E-state index in [1.54, 1.807) is 11.3 Å². The molecule has 0 bridgehead atoms. The molecule has 1 atom stereocenters. The number of rotatable bonds is 6. The van der Waals surface area contributed by atoms with Crippen molar-refractivity contribution in [3.8, 4) is 21.7 Å². The van der Waals surface area contributed by atoms with Gasteiger partial charge < -0.3 is 19.3 Å². The van der Waals surface area contributed by atoms with Crippen LogP contribution in [0.3, 0.4) is 0 Å². The number of halogens is 1. The molecule has 0 spiro atoms. The van der Waals surface area contributed by atoms with Gasteiger partial charge in [-0.05, 0) is 108 Å². The third-order valence-corrected chi connectivity index (χ3v) is 9.66. The Bertz CT molecular complexity index is 1830. The fourth-order valence-corrected chi connectivity index (χ4v) is 7.45. The third-order valence-electron chi connectivity index (χ3n) is 8.27. The second-order valence-electron chi connectivity index (χ2n) is 12.7. The summed E-state index contributed by atoms with van der Waals surface area (Å²) in [6.07, 6.45) is 5.26. The van der Waals surface area contributed by atoms with Crippen molar-refractivity contribution in [1.82, 2.24) is 19.4 Å². The van der Waals surface area contributed by atoms with Crippen LogP contribution in [0.1, 0.15) is 62.3 Å². The van der Waals surface area contributed by atoms with Gasteiger partial charge in [0.15, 0.2) is 6.10 Å². The fourth-order valence-electron chi connectivity index (χ4n) is 6.21. The van der Waals surface area contributed by atoms with Crippen molar-refractivity contribution in [3.05, 3.63) is 70.5 Å². The summed E-state index contributed by atoms with van der Waals surface area (Å²) in [5, 5.41) is 13.0. The molecule has 1 aliphatic rings. The van der Waals surface area contributed by atoms with Crippen LogP contribution in [0.4, 0.5) is 0 Å². The van der Waals surface area contributed by atoms with Crippen molar-refractivity contribution in [1.29, 1.82) is 0 Å². The highest BCUT2D eigenvalue weighted by molar-refractivity contribution is 7.22. The predicted octanol–water partition coefficient (Wildman–Crippen LogP) is 8.23. The zero-order chi connectivity index (χ0) is 30.6. The Morgan fingerprint density at radius 3 is 2.47 bits per heavy atom. The van der Waals surface area contributed by atoms with E-state index in [0.717, 1.165) is 69.1 Å². The van der Waals surface area contributed by atoms with Gasteiger partial charge in [0.05, 0.1) is 15.8 Å². The van der Waals surface area contributed by atoms with Gasteiger partial charge in [-0.2, -0.15) is 0 Å². The largest absolute Gasteiger partial charge is 0.479 e. The minimum Gasteiger partial charge on any atom is -0.479 e. The zero-order valence-corrected chi connectivity index (χ0v) is 27.0. The van der Waals surface area contributed by atoms with Crippen molar-refractivity contribution in [2.24, 2.45) is 7.05 Å². The molecule has 2 aromatic carbocycles. The lowest BCUT2D eigenvalue weighted by Gasteiger charge is -2.28. The van der Waals surface area contributed by atoms with Crippen LogP contribution in [0.5, 0.6) is 0 Å². The van der Waals surface area contributed by atoms with Crippen LogP contribution in [-0.2, 0) is 16.6 Å². The second-order valence-corrected chi connectivity index (χ2v) is 14.1. The van der Waals surface area contributed by atoms with Gasteiger partial charge in [0.25, 0.3) is 0 Å². The summed E-state index contributed by atoms with van der Waals surface area (Å²) in [6, 6.07) is 11.7. The molecule has 3 aromatic heterocycles. The molecule has 0 radical (unpaired) electrons. The number of aryl methyl sites for hydroxylation is 2. The van der Waals surface area contributed by atoms with E-state index < -0.39 is 17.7 Å². The van der Waals surface area contributed by atoms with E-state index in [1.807, 2.05) is 64.2 Å². The zero-order valence-electron chi connectivity index (χ0n) is 25.4. The number of fused-ring (bicyclic) bond motifs is 2. The quantitative estimate of drug-likeness (QED) is 0.207. The minimum absolute atomic E-state index is 0.504. The van der Waals surface area contributed by atoms with Crippen molar-refractivity contribution < 1.29 is 14.6 Å². The van der Waals surface area contributed by atoms with Gasteiger partial charge >= 0.3 is 5.97 Å². The molecule has 7 nitrogen and oxygen atoms in total.